The number of halogens is 1. The van der Waals surface area contributed by atoms with Gasteiger partial charge in [-0.25, -0.2) is 4.39 Å². The maximum atomic E-state index is 13.8. The van der Waals surface area contributed by atoms with Crippen molar-refractivity contribution in [2.75, 3.05) is 18.0 Å². The van der Waals surface area contributed by atoms with Crippen LogP contribution in [0, 0.1) is 21.8 Å². The number of nitro groups is 1. The first-order chi connectivity index (χ1) is 8.63. The van der Waals surface area contributed by atoms with Crippen LogP contribution in [0.3, 0.4) is 0 Å². The predicted octanol–water partition coefficient (Wildman–Crippen LogP) is 2.15. The van der Waals surface area contributed by atoms with Gasteiger partial charge in [-0.2, -0.15) is 0 Å². The second-order valence-electron chi connectivity index (χ2n) is 4.33. The molecular formula is C12H13FN2O3. The van der Waals surface area contributed by atoms with Gasteiger partial charge in [-0.1, -0.05) is 6.07 Å². The Kier molecular flexibility index (Phi) is 3.55. The summed E-state index contributed by atoms with van der Waals surface area (Å²) in [6.07, 6.45) is 2.11. The summed E-state index contributed by atoms with van der Waals surface area (Å²) in [6.45, 7) is 0.927. The van der Waals surface area contributed by atoms with Crippen LogP contribution in [0.15, 0.2) is 18.2 Å². The summed E-state index contributed by atoms with van der Waals surface area (Å²) in [6, 6.07) is 3.84. The number of anilines is 1. The highest BCUT2D eigenvalue weighted by Gasteiger charge is 2.27. The Labute approximate surface area is 103 Å². The van der Waals surface area contributed by atoms with Crippen LogP contribution in [0.2, 0.25) is 0 Å². The topological polar surface area (TPSA) is 63.5 Å². The minimum Gasteiger partial charge on any atom is -0.364 e. The molecule has 0 amide bonds. The standard InChI is InChI=1S/C12H13FN2O3/c13-10-2-1-3-11(15(17)18)12(10)14-6-4-9(8-16)5-7-14/h1-3,8-9H,4-7H2. The Morgan fingerprint density at radius 2 is 2.06 bits per heavy atom. The number of para-hydroxylation sites is 1. The van der Waals surface area contributed by atoms with Crippen molar-refractivity contribution >= 4 is 17.7 Å². The molecule has 0 unspecified atom stereocenters. The molecule has 0 saturated carbocycles. The van der Waals surface area contributed by atoms with E-state index in [1.807, 2.05) is 0 Å². The van der Waals surface area contributed by atoms with Crippen molar-refractivity contribution in [2.45, 2.75) is 12.8 Å². The molecule has 0 atom stereocenters. The molecule has 0 aliphatic carbocycles. The molecule has 1 aromatic carbocycles. The summed E-state index contributed by atoms with van der Waals surface area (Å²) in [5.74, 6) is -0.610. The number of nitro benzene ring substituents is 1. The van der Waals surface area contributed by atoms with E-state index in [1.54, 1.807) is 4.90 Å². The third-order valence-electron chi connectivity index (χ3n) is 3.21. The molecule has 0 aromatic heterocycles. The molecule has 1 aromatic rings. The number of hydrogen-bond donors (Lipinski definition) is 0. The number of aldehydes is 1. The fourth-order valence-electron chi connectivity index (χ4n) is 2.22. The smallest absolute Gasteiger partial charge is 0.295 e. The minimum absolute atomic E-state index is 0.0212. The maximum Gasteiger partial charge on any atom is 0.295 e. The molecule has 1 aliphatic heterocycles. The van der Waals surface area contributed by atoms with E-state index in [0.717, 1.165) is 6.29 Å². The van der Waals surface area contributed by atoms with Crippen LogP contribution in [-0.4, -0.2) is 24.3 Å². The SMILES string of the molecule is O=CC1CCN(c2c(F)cccc2[N+](=O)[O-])CC1. The Hall–Kier alpha value is -1.98. The Morgan fingerprint density at radius 3 is 2.61 bits per heavy atom. The average molecular weight is 252 g/mol. The van der Waals surface area contributed by atoms with E-state index in [2.05, 4.69) is 0 Å². The lowest BCUT2D eigenvalue weighted by Gasteiger charge is -2.31. The summed E-state index contributed by atoms with van der Waals surface area (Å²) >= 11 is 0. The zero-order valence-electron chi connectivity index (χ0n) is 9.71. The van der Waals surface area contributed by atoms with Gasteiger partial charge in [0.15, 0.2) is 11.5 Å². The third-order valence-corrected chi connectivity index (χ3v) is 3.21. The van der Waals surface area contributed by atoms with Gasteiger partial charge in [-0.3, -0.25) is 10.1 Å². The number of hydrogen-bond acceptors (Lipinski definition) is 4. The van der Waals surface area contributed by atoms with Crippen LogP contribution in [0.4, 0.5) is 15.8 Å². The van der Waals surface area contributed by atoms with Gasteiger partial charge in [0, 0.05) is 25.1 Å². The van der Waals surface area contributed by atoms with Crippen molar-refractivity contribution < 1.29 is 14.1 Å². The van der Waals surface area contributed by atoms with Crippen LogP contribution in [0.25, 0.3) is 0 Å². The Morgan fingerprint density at radius 1 is 1.39 bits per heavy atom. The van der Waals surface area contributed by atoms with Crippen LogP contribution < -0.4 is 4.90 Å². The molecule has 0 bridgehead atoms. The molecule has 1 saturated heterocycles. The van der Waals surface area contributed by atoms with E-state index in [4.69, 9.17) is 0 Å². The van der Waals surface area contributed by atoms with Gasteiger partial charge < -0.3 is 9.69 Å². The molecule has 0 radical (unpaired) electrons. The number of piperidine rings is 1. The van der Waals surface area contributed by atoms with Gasteiger partial charge in [0.25, 0.3) is 5.69 Å². The van der Waals surface area contributed by atoms with Gasteiger partial charge in [-0.05, 0) is 18.9 Å². The van der Waals surface area contributed by atoms with Gasteiger partial charge in [0.05, 0.1) is 4.92 Å². The summed E-state index contributed by atoms with van der Waals surface area (Å²) in [5, 5.41) is 10.9. The average Bonchev–Trinajstić information content (AvgIpc) is 2.38. The molecule has 1 heterocycles. The highest BCUT2D eigenvalue weighted by molar-refractivity contribution is 5.65. The van der Waals surface area contributed by atoms with Crippen molar-refractivity contribution in [3.05, 3.63) is 34.1 Å². The van der Waals surface area contributed by atoms with Crippen LogP contribution in [-0.2, 0) is 4.79 Å². The van der Waals surface area contributed by atoms with Gasteiger partial charge in [0.1, 0.15) is 6.29 Å². The fourth-order valence-corrected chi connectivity index (χ4v) is 2.22. The number of carbonyl (C=O) groups excluding carboxylic acids is 1. The fraction of sp³-hybridized carbons (Fsp3) is 0.417. The van der Waals surface area contributed by atoms with Crippen LogP contribution in [0.1, 0.15) is 12.8 Å². The first-order valence-electron chi connectivity index (χ1n) is 5.76. The van der Waals surface area contributed by atoms with Crippen molar-refractivity contribution in [3.63, 3.8) is 0 Å². The van der Waals surface area contributed by atoms with Gasteiger partial charge in [-0.15, -0.1) is 0 Å². The highest BCUT2D eigenvalue weighted by atomic mass is 19.1. The lowest BCUT2D eigenvalue weighted by Crippen LogP contribution is -2.35. The summed E-state index contributed by atoms with van der Waals surface area (Å²) in [4.78, 5) is 22.6. The van der Waals surface area contributed by atoms with Crippen molar-refractivity contribution in [2.24, 2.45) is 5.92 Å². The molecule has 6 heteroatoms. The van der Waals surface area contributed by atoms with Gasteiger partial charge in [0.2, 0.25) is 0 Å². The second-order valence-corrected chi connectivity index (χ2v) is 4.33. The molecule has 0 spiro atoms. The van der Waals surface area contributed by atoms with E-state index in [-0.39, 0.29) is 17.3 Å². The maximum absolute atomic E-state index is 13.8. The molecule has 0 N–H and O–H groups in total. The van der Waals surface area contributed by atoms with E-state index in [1.165, 1.54) is 18.2 Å². The molecule has 1 fully saturated rings. The highest BCUT2D eigenvalue weighted by Crippen LogP contribution is 2.33. The molecular weight excluding hydrogens is 239 g/mol. The summed E-state index contributed by atoms with van der Waals surface area (Å²) in [7, 11) is 0. The predicted molar refractivity (Wildman–Crippen MR) is 64.1 cm³/mol. The number of rotatable bonds is 3. The number of benzene rings is 1. The van der Waals surface area contributed by atoms with Crippen molar-refractivity contribution in [1.29, 1.82) is 0 Å². The first kappa shape index (κ1) is 12.5. The quantitative estimate of drug-likeness (QED) is 0.469. The second kappa shape index (κ2) is 5.12. The van der Waals surface area contributed by atoms with Crippen molar-refractivity contribution in [1.82, 2.24) is 0 Å². The molecule has 96 valence electrons. The van der Waals surface area contributed by atoms with Gasteiger partial charge >= 0.3 is 0 Å². The first-order valence-corrected chi connectivity index (χ1v) is 5.76. The van der Waals surface area contributed by atoms with Crippen molar-refractivity contribution in [3.8, 4) is 0 Å². The summed E-state index contributed by atoms with van der Waals surface area (Å²) < 4.78 is 13.8. The van der Waals surface area contributed by atoms with E-state index in [0.29, 0.717) is 25.9 Å². The largest absolute Gasteiger partial charge is 0.364 e. The lowest BCUT2D eigenvalue weighted by molar-refractivity contribution is -0.384. The van der Waals surface area contributed by atoms with E-state index >= 15 is 0 Å². The minimum atomic E-state index is -0.589. The van der Waals surface area contributed by atoms with Crippen LogP contribution >= 0.6 is 0 Å². The molecule has 2 rings (SSSR count). The van der Waals surface area contributed by atoms with E-state index < -0.39 is 10.7 Å². The summed E-state index contributed by atoms with van der Waals surface area (Å²) in [5.41, 5.74) is -0.189. The third kappa shape index (κ3) is 2.32. The van der Waals surface area contributed by atoms with Crippen LogP contribution in [0.5, 0.6) is 0 Å². The molecule has 18 heavy (non-hydrogen) atoms. The Balaban J connectivity index is 2.28. The molecule has 5 nitrogen and oxygen atoms in total. The number of carbonyl (C=O) groups is 1. The Bertz CT molecular complexity index is 470. The zero-order valence-corrected chi connectivity index (χ0v) is 9.71. The number of nitrogens with zero attached hydrogens (tertiary/aromatic N) is 2. The van der Waals surface area contributed by atoms with E-state index in [9.17, 15) is 19.3 Å². The molecule has 1 aliphatic rings. The zero-order chi connectivity index (χ0) is 13.1. The lowest BCUT2D eigenvalue weighted by atomic mass is 9.98. The normalized spacial score (nSPS) is 16.6. The monoisotopic (exact) mass is 252 g/mol.